The molecular formula is C15H19BrN2O2. The summed E-state index contributed by atoms with van der Waals surface area (Å²) in [5.74, 6) is 0.246. The van der Waals surface area contributed by atoms with E-state index >= 15 is 0 Å². The van der Waals surface area contributed by atoms with Gasteiger partial charge in [-0.25, -0.2) is 0 Å². The summed E-state index contributed by atoms with van der Waals surface area (Å²) in [7, 11) is 0. The fourth-order valence-corrected chi connectivity index (χ4v) is 3.09. The first-order valence-electron chi connectivity index (χ1n) is 6.95. The van der Waals surface area contributed by atoms with Gasteiger partial charge in [0.15, 0.2) is 0 Å². The molecule has 1 aromatic rings. The van der Waals surface area contributed by atoms with Crippen LogP contribution in [0.25, 0.3) is 0 Å². The Morgan fingerprint density at radius 2 is 2.00 bits per heavy atom. The number of amides is 2. The largest absolute Gasteiger partial charge is 0.366 e. The van der Waals surface area contributed by atoms with Crippen molar-refractivity contribution >= 4 is 33.4 Å². The van der Waals surface area contributed by atoms with Crippen molar-refractivity contribution in [1.82, 2.24) is 0 Å². The minimum atomic E-state index is -0.482. The summed E-state index contributed by atoms with van der Waals surface area (Å²) in [4.78, 5) is 23.0. The highest BCUT2D eigenvalue weighted by Gasteiger charge is 2.16. The lowest BCUT2D eigenvalue weighted by Crippen LogP contribution is -2.14. The molecule has 0 bridgehead atoms. The molecule has 1 aliphatic carbocycles. The van der Waals surface area contributed by atoms with Crippen LogP contribution in [0.1, 0.15) is 48.9 Å². The molecule has 1 aliphatic rings. The molecule has 0 spiro atoms. The molecule has 0 radical (unpaired) electrons. The van der Waals surface area contributed by atoms with Crippen molar-refractivity contribution in [1.29, 1.82) is 0 Å². The summed E-state index contributed by atoms with van der Waals surface area (Å²) in [6, 6.07) is 4.92. The molecule has 0 saturated heterocycles. The molecule has 1 fully saturated rings. The van der Waals surface area contributed by atoms with Crippen molar-refractivity contribution in [3.05, 3.63) is 28.2 Å². The number of nitrogens with two attached hydrogens (primary N) is 1. The van der Waals surface area contributed by atoms with Gasteiger partial charge in [0.1, 0.15) is 0 Å². The number of halogens is 1. The Morgan fingerprint density at radius 1 is 1.30 bits per heavy atom. The summed E-state index contributed by atoms with van der Waals surface area (Å²) in [6.45, 7) is 0. The second-order valence-electron chi connectivity index (χ2n) is 5.30. The summed E-state index contributed by atoms with van der Waals surface area (Å²) in [5, 5.41) is 2.86. The Morgan fingerprint density at radius 3 is 2.60 bits per heavy atom. The standard InChI is InChI=1S/C15H19BrN2O2/c16-12-9-11(15(17)20)6-7-13(12)18-14(19)8-5-10-3-1-2-4-10/h6-7,9-10H,1-5,8H2,(H2,17,20)(H,18,19). The Hall–Kier alpha value is -1.36. The first-order chi connectivity index (χ1) is 9.56. The molecule has 0 heterocycles. The maximum atomic E-state index is 11.9. The molecule has 1 saturated carbocycles. The van der Waals surface area contributed by atoms with E-state index in [0.717, 1.165) is 6.42 Å². The van der Waals surface area contributed by atoms with E-state index in [0.29, 0.717) is 28.1 Å². The van der Waals surface area contributed by atoms with Gasteiger partial charge in [0.25, 0.3) is 0 Å². The Balaban J connectivity index is 1.88. The van der Waals surface area contributed by atoms with Gasteiger partial charge in [-0.05, 0) is 46.5 Å². The van der Waals surface area contributed by atoms with Crippen molar-refractivity contribution in [2.45, 2.75) is 38.5 Å². The van der Waals surface area contributed by atoms with Gasteiger partial charge in [-0.1, -0.05) is 25.7 Å². The third kappa shape index (κ3) is 4.07. The van der Waals surface area contributed by atoms with Gasteiger partial charge in [0.05, 0.1) is 5.69 Å². The van der Waals surface area contributed by atoms with E-state index in [1.54, 1.807) is 18.2 Å². The Kier molecular flexibility index (Phi) is 5.17. The van der Waals surface area contributed by atoms with Crippen molar-refractivity contribution < 1.29 is 9.59 Å². The number of benzene rings is 1. The van der Waals surface area contributed by atoms with Gasteiger partial charge in [0, 0.05) is 16.5 Å². The van der Waals surface area contributed by atoms with Crippen LogP contribution in [0, 0.1) is 5.92 Å². The number of hydrogen-bond acceptors (Lipinski definition) is 2. The van der Waals surface area contributed by atoms with E-state index in [4.69, 9.17) is 5.73 Å². The topological polar surface area (TPSA) is 72.2 Å². The molecule has 0 aromatic heterocycles. The molecular weight excluding hydrogens is 320 g/mol. The maximum Gasteiger partial charge on any atom is 0.248 e. The average Bonchev–Trinajstić information content (AvgIpc) is 2.91. The first-order valence-corrected chi connectivity index (χ1v) is 7.75. The van der Waals surface area contributed by atoms with Crippen molar-refractivity contribution in [3.63, 3.8) is 0 Å². The highest BCUT2D eigenvalue weighted by molar-refractivity contribution is 9.10. The van der Waals surface area contributed by atoms with E-state index in [9.17, 15) is 9.59 Å². The number of carbonyl (C=O) groups is 2. The van der Waals surface area contributed by atoms with Crippen LogP contribution in [-0.2, 0) is 4.79 Å². The van der Waals surface area contributed by atoms with Gasteiger partial charge in [0.2, 0.25) is 11.8 Å². The summed E-state index contributed by atoms with van der Waals surface area (Å²) < 4.78 is 0.669. The normalized spacial score (nSPS) is 15.2. The van der Waals surface area contributed by atoms with Crippen LogP contribution >= 0.6 is 15.9 Å². The van der Waals surface area contributed by atoms with Crippen LogP contribution in [0.5, 0.6) is 0 Å². The predicted octanol–water partition coefficient (Wildman–Crippen LogP) is 3.46. The fourth-order valence-electron chi connectivity index (χ4n) is 2.62. The molecule has 20 heavy (non-hydrogen) atoms. The number of carbonyl (C=O) groups excluding carboxylic acids is 2. The Labute approximate surface area is 127 Å². The van der Waals surface area contributed by atoms with Crippen molar-refractivity contribution in [3.8, 4) is 0 Å². The predicted molar refractivity (Wildman–Crippen MR) is 82.5 cm³/mol. The average molecular weight is 339 g/mol. The van der Waals surface area contributed by atoms with Gasteiger partial charge in [-0.2, -0.15) is 0 Å². The van der Waals surface area contributed by atoms with Crippen LogP contribution in [-0.4, -0.2) is 11.8 Å². The highest BCUT2D eigenvalue weighted by Crippen LogP contribution is 2.29. The number of primary amides is 1. The van der Waals surface area contributed by atoms with Crippen LogP contribution in [0.15, 0.2) is 22.7 Å². The molecule has 2 rings (SSSR count). The lowest BCUT2D eigenvalue weighted by atomic mass is 10.0. The quantitative estimate of drug-likeness (QED) is 0.862. The number of hydrogen-bond donors (Lipinski definition) is 2. The molecule has 0 atom stereocenters. The van der Waals surface area contributed by atoms with Crippen molar-refractivity contribution in [2.75, 3.05) is 5.32 Å². The van der Waals surface area contributed by atoms with Gasteiger partial charge < -0.3 is 11.1 Å². The lowest BCUT2D eigenvalue weighted by Gasteiger charge is -2.10. The van der Waals surface area contributed by atoms with E-state index in [2.05, 4.69) is 21.2 Å². The van der Waals surface area contributed by atoms with E-state index in [1.807, 2.05) is 0 Å². The number of rotatable bonds is 5. The minimum absolute atomic E-state index is 0.0180. The molecule has 2 amide bonds. The molecule has 4 nitrogen and oxygen atoms in total. The van der Waals surface area contributed by atoms with Crippen LogP contribution in [0.2, 0.25) is 0 Å². The molecule has 1 aromatic carbocycles. The summed E-state index contributed by atoms with van der Waals surface area (Å²) >= 11 is 3.34. The third-order valence-electron chi connectivity index (χ3n) is 3.78. The molecule has 0 aliphatic heterocycles. The zero-order chi connectivity index (χ0) is 14.5. The zero-order valence-corrected chi connectivity index (χ0v) is 12.9. The first kappa shape index (κ1) is 15.0. The van der Waals surface area contributed by atoms with Gasteiger partial charge in [-0.15, -0.1) is 0 Å². The zero-order valence-electron chi connectivity index (χ0n) is 11.3. The second kappa shape index (κ2) is 6.88. The highest BCUT2D eigenvalue weighted by atomic mass is 79.9. The van der Waals surface area contributed by atoms with E-state index < -0.39 is 5.91 Å². The smallest absolute Gasteiger partial charge is 0.248 e. The van der Waals surface area contributed by atoms with E-state index in [1.165, 1.54) is 25.7 Å². The maximum absolute atomic E-state index is 11.9. The van der Waals surface area contributed by atoms with Crippen molar-refractivity contribution in [2.24, 2.45) is 11.7 Å². The van der Waals surface area contributed by atoms with Gasteiger partial charge in [-0.3, -0.25) is 9.59 Å². The Bertz CT molecular complexity index is 511. The SMILES string of the molecule is NC(=O)c1ccc(NC(=O)CCC2CCCC2)c(Br)c1. The van der Waals surface area contributed by atoms with Gasteiger partial charge >= 0.3 is 0 Å². The number of anilines is 1. The van der Waals surface area contributed by atoms with Crippen LogP contribution < -0.4 is 11.1 Å². The summed E-state index contributed by atoms with van der Waals surface area (Å²) in [6.07, 6.45) is 6.62. The minimum Gasteiger partial charge on any atom is -0.366 e. The molecule has 5 heteroatoms. The van der Waals surface area contributed by atoms with Crippen LogP contribution in [0.4, 0.5) is 5.69 Å². The fraction of sp³-hybridized carbons (Fsp3) is 0.467. The monoisotopic (exact) mass is 338 g/mol. The molecule has 3 N–H and O–H groups in total. The third-order valence-corrected chi connectivity index (χ3v) is 4.44. The second-order valence-corrected chi connectivity index (χ2v) is 6.15. The lowest BCUT2D eigenvalue weighted by molar-refractivity contribution is -0.116. The summed E-state index contributed by atoms with van der Waals surface area (Å²) in [5.41, 5.74) is 6.29. The molecule has 108 valence electrons. The number of nitrogens with one attached hydrogen (secondary N) is 1. The van der Waals surface area contributed by atoms with E-state index in [-0.39, 0.29) is 5.91 Å². The van der Waals surface area contributed by atoms with Crippen LogP contribution in [0.3, 0.4) is 0 Å². The molecule has 0 unspecified atom stereocenters.